The van der Waals surface area contributed by atoms with Crippen molar-refractivity contribution in [1.82, 2.24) is 4.90 Å². The Morgan fingerprint density at radius 1 is 1.27 bits per heavy atom. The third-order valence-electron chi connectivity index (χ3n) is 2.01. The van der Waals surface area contributed by atoms with Crippen LogP contribution in [0.1, 0.15) is 13.3 Å². The molecule has 3 nitrogen and oxygen atoms in total. The molecule has 0 aliphatic carbocycles. The molecular formula is C7H17NO2S. The van der Waals surface area contributed by atoms with Crippen LogP contribution < -0.4 is 0 Å². The summed E-state index contributed by atoms with van der Waals surface area (Å²) in [5.74, 6) is 1.15. The van der Waals surface area contributed by atoms with Gasteiger partial charge in [0, 0.05) is 13.1 Å². The number of hydrogen-bond acceptors (Lipinski definition) is 3. The van der Waals surface area contributed by atoms with E-state index in [1.165, 1.54) is 0 Å². The first-order valence-electron chi connectivity index (χ1n) is 4.10. The lowest BCUT2D eigenvalue weighted by atomic mass is 10.4. The van der Waals surface area contributed by atoms with Gasteiger partial charge in [0.2, 0.25) is 0 Å². The molecule has 0 aromatic rings. The molecule has 0 aromatic heterocycles. The fourth-order valence-electron chi connectivity index (χ4n) is 1.30. The van der Waals surface area contributed by atoms with E-state index in [-0.39, 0.29) is 0 Å². The SMILES string of the molecule is CCCN1CCS(O)(O)CC1. The normalized spacial score (nSPS) is 28.3. The van der Waals surface area contributed by atoms with Crippen LogP contribution in [0.4, 0.5) is 0 Å². The quantitative estimate of drug-likeness (QED) is 0.674. The Labute approximate surface area is 69.7 Å². The monoisotopic (exact) mass is 179 g/mol. The van der Waals surface area contributed by atoms with Crippen LogP contribution in [0, 0.1) is 0 Å². The summed E-state index contributed by atoms with van der Waals surface area (Å²) in [7, 11) is -2.18. The summed E-state index contributed by atoms with van der Waals surface area (Å²) in [6, 6.07) is 0. The fourth-order valence-corrected chi connectivity index (χ4v) is 2.61. The summed E-state index contributed by atoms with van der Waals surface area (Å²) < 4.78 is 18.5. The smallest absolute Gasteiger partial charge is 0.0502 e. The molecule has 0 unspecified atom stereocenters. The summed E-state index contributed by atoms with van der Waals surface area (Å²) in [6.45, 7) is 4.95. The zero-order valence-electron chi connectivity index (χ0n) is 6.99. The van der Waals surface area contributed by atoms with E-state index in [1.54, 1.807) is 0 Å². The first-order valence-corrected chi connectivity index (χ1v) is 5.98. The van der Waals surface area contributed by atoms with E-state index in [0.29, 0.717) is 11.5 Å². The van der Waals surface area contributed by atoms with E-state index < -0.39 is 10.6 Å². The van der Waals surface area contributed by atoms with E-state index in [2.05, 4.69) is 11.8 Å². The second-order valence-electron chi connectivity index (χ2n) is 3.05. The summed E-state index contributed by atoms with van der Waals surface area (Å²) in [5.41, 5.74) is 0. The lowest BCUT2D eigenvalue weighted by Gasteiger charge is -2.40. The van der Waals surface area contributed by atoms with Crippen molar-refractivity contribution in [3.05, 3.63) is 0 Å². The molecule has 0 aromatic carbocycles. The summed E-state index contributed by atoms with van der Waals surface area (Å²) >= 11 is 0. The average Bonchev–Trinajstić information content (AvgIpc) is 1.94. The van der Waals surface area contributed by atoms with Crippen LogP contribution in [0.5, 0.6) is 0 Å². The van der Waals surface area contributed by atoms with Crippen LogP contribution in [0.3, 0.4) is 0 Å². The van der Waals surface area contributed by atoms with E-state index in [0.717, 1.165) is 26.1 Å². The summed E-state index contributed by atoms with van der Waals surface area (Å²) in [6.07, 6.45) is 1.15. The molecule has 4 heteroatoms. The van der Waals surface area contributed by atoms with Crippen molar-refractivity contribution in [2.24, 2.45) is 0 Å². The number of rotatable bonds is 2. The van der Waals surface area contributed by atoms with Crippen molar-refractivity contribution in [3.63, 3.8) is 0 Å². The largest absolute Gasteiger partial charge is 0.300 e. The maximum Gasteiger partial charge on any atom is 0.0502 e. The maximum absolute atomic E-state index is 9.27. The Morgan fingerprint density at radius 2 is 1.82 bits per heavy atom. The molecular weight excluding hydrogens is 162 g/mol. The molecule has 0 amide bonds. The van der Waals surface area contributed by atoms with Gasteiger partial charge in [-0.2, -0.15) is 10.6 Å². The molecule has 0 radical (unpaired) electrons. The van der Waals surface area contributed by atoms with E-state index in [1.807, 2.05) is 0 Å². The highest BCUT2D eigenvalue weighted by atomic mass is 32.3. The Balaban J connectivity index is 2.25. The number of hydrogen-bond donors (Lipinski definition) is 2. The van der Waals surface area contributed by atoms with Crippen LogP contribution in [-0.4, -0.2) is 45.1 Å². The van der Waals surface area contributed by atoms with Crippen LogP contribution in [0.25, 0.3) is 0 Å². The van der Waals surface area contributed by atoms with Crippen molar-refractivity contribution < 1.29 is 9.11 Å². The maximum atomic E-state index is 9.27. The fraction of sp³-hybridized carbons (Fsp3) is 1.00. The highest BCUT2D eigenvalue weighted by molar-refractivity contribution is 8.24. The van der Waals surface area contributed by atoms with Gasteiger partial charge < -0.3 is 4.90 Å². The molecule has 68 valence electrons. The third kappa shape index (κ3) is 2.99. The molecule has 0 saturated carbocycles. The Kier molecular flexibility index (Phi) is 3.18. The molecule has 1 saturated heterocycles. The Morgan fingerprint density at radius 3 is 2.27 bits per heavy atom. The average molecular weight is 179 g/mol. The molecule has 0 atom stereocenters. The lowest BCUT2D eigenvalue weighted by Crippen LogP contribution is -2.38. The van der Waals surface area contributed by atoms with Gasteiger partial charge in [0.05, 0.1) is 11.5 Å². The van der Waals surface area contributed by atoms with Crippen molar-refractivity contribution in [2.45, 2.75) is 13.3 Å². The molecule has 1 aliphatic heterocycles. The van der Waals surface area contributed by atoms with Crippen LogP contribution >= 0.6 is 10.6 Å². The number of nitrogens with zero attached hydrogens (tertiary/aromatic N) is 1. The van der Waals surface area contributed by atoms with Crippen LogP contribution in [0.2, 0.25) is 0 Å². The molecule has 1 fully saturated rings. The van der Waals surface area contributed by atoms with E-state index >= 15 is 0 Å². The standard InChI is InChI=1S/C7H17NO2S/c1-2-3-8-4-6-11(9,10)7-5-8/h9-10H,2-7H2,1H3. The first-order chi connectivity index (χ1) is 5.14. The van der Waals surface area contributed by atoms with Crippen molar-refractivity contribution >= 4 is 10.6 Å². The highest BCUT2D eigenvalue weighted by Gasteiger charge is 2.20. The predicted octanol–water partition coefficient (Wildman–Crippen LogP) is 1.46. The van der Waals surface area contributed by atoms with Crippen molar-refractivity contribution in [1.29, 1.82) is 0 Å². The van der Waals surface area contributed by atoms with Gasteiger partial charge in [-0.05, 0) is 13.0 Å². The predicted molar refractivity (Wildman–Crippen MR) is 49.3 cm³/mol. The Bertz CT molecular complexity index is 120. The topological polar surface area (TPSA) is 43.7 Å². The van der Waals surface area contributed by atoms with Gasteiger partial charge in [0.15, 0.2) is 0 Å². The minimum atomic E-state index is -2.18. The van der Waals surface area contributed by atoms with Crippen LogP contribution in [0.15, 0.2) is 0 Å². The van der Waals surface area contributed by atoms with Crippen molar-refractivity contribution in [3.8, 4) is 0 Å². The van der Waals surface area contributed by atoms with E-state index in [9.17, 15) is 9.11 Å². The summed E-state index contributed by atoms with van der Waals surface area (Å²) in [4.78, 5) is 2.29. The molecule has 1 aliphatic rings. The van der Waals surface area contributed by atoms with E-state index in [4.69, 9.17) is 0 Å². The molecule has 1 heterocycles. The zero-order valence-corrected chi connectivity index (χ0v) is 7.81. The van der Waals surface area contributed by atoms with Gasteiger partial charge in [0.1, 0.15) is 0 Å². The second-order valence-corrected chi connectivity index (χ2v) is 5.47. The highest BCUT2D eigenvalue weighted by Crippen LogP contribution is 2.40. The van der Waals surface area contributed by atoms with Gasteiger partial charge in [-0.3, -0.25) is 9.11 Å². The van der Waals surface area contributed by atoms with Crippen molar-refractivity contribution in [2.75, 3.05) is 31.1 Å². The van der Waals surface area contributed by atoms with Gasteiger partial charge in [0.25, 0.3) is 0 Å². The third-order valence-corrected chi connectivity index (χ3v) is 3.68. The molecule has 0 spiro atoms. The Hall–Kier alpha value is 0.230. The minimum Gasteiger partial charge on any atom is -0.300 e. The zero-order chi connectivity index (χ0) is 8.32. The molecule has 1 rings (SSSR count). The van der Waals surface area contributed by atoms with Gasteiger partial charge in [-0.25, -0.2) is 0 Å². The first kappa shape index (κ1) is 9.32. The van der Waals surface area contributed by atoms with Gasteiger partial charge in [-0.1, -0.05) is 6.92 Å². The molecule has 2 N–H and O–H groups in total. The minimum absolute atomic E-state index is 0.576. The van der Waals surface area contributed by atoms with Gasteiger partial charge >= 0.3 is 0 Å². The lowest BCUT2D eigenvalue weighted by molar-refractivity contribution is 0.286. The molecule has 0 bridgehead atoms. The van der Waals surface area contributed by atoms with Crippen LogP contribution in [-0.2, 0) is 0 Å². The summed E-state index contributed by atoms with van der Waals surface area (Å²) in [5, 5.41) is 0. The van der Waals surface area contributed by atoms with Gasteiger partial charge in [-0.15, -0.1) is 0 Å². The molecule has 11 heavy (non-hydrogen) atoms. The second kappa shape index (κ2) is 3.76.